The lowest BCUT2D eigenvalue weighted by molar-refractivity contribution is -0.0327. The Kier molecular flexibility index (Phi) is 7.82. The van der Waals surface area contributed by atoms with E-state index in [4.69, 9.17) is 4.74 Å². The number of rotatable bonds is 7. The molecule has 4 heterocycles. The number of ether oxygens (including phenoxy) is 1. The summed E-state index contributed by atoms with van der Waals surface area (Å²) in [5.74, 6) is 6.89. The quantitative estimate of drug-likeness (QED) is 0.198. The SMILES string of the molecule is COc1cc(P(C)(C)=O)ccc1NCC#Cc1nn2c(N[C@@H]3CC[C@@H]4CC[C@H]3N4)cccc2c1SC(F)(F)F. The highest BCUT2D eigenvalue weighted by Crippen LogP contribution is 2.41. The van der Waals surface area contributed by atoms with E-state index < -0.39 is 12.7 Å². The summed E-state index contributed by atoms with van der Waals surface area (Å²) in [7, 11) is -0.939. The van der Waals surface area contributed by atoms with Gasteiger partial charge in [0.25, 0.3) is 0 Å². The first-order valence-corrected chi connectivity index (χ1v) is 16.2. The molecule has 0 aliphatic carbocycles. The van der Waals surface area contributed by atoms with Crippen molar-refractivity contribution in [2.75, 3.05) is 37.6 Å². The van der Waals surface area contributed by atoms with E-state index in [0.717, 1.165) is 25.7 Å². The Morgan fingerprint density at radius 1 is 1.21 bits per heavy atom. The molecule has 2 bridgehead atoms. The van der Waals surface area contributed by atoms with Gasteiger partial charge in [0.2, 0.25) is 0 Å². The number of fused-ring (bicyclic) bond motifs is 3. The Labute approximate surface area is 230 Å². The van der Waals surface area contributed by atoms with Gasteiger partial charge in [0.15, 0.2) is 0 Å². The minimum absolute atomic E-state index is 0.0232. The second-order valence-corrected chi connectivity index (χ2v) is 14.5. The maximum atomic E-state index is 13.5. The van der Waals surface area contributed by atoms with Crippen LogP contribution in [0.3, 0.4) is 0 Å². The molecule has 3 N–H and O–H groups in total. The predicted octanol–water partition coefficient (Wildman–Crippen LogP) is 5.36. The summed E-state index contributed by atoms with van der Waals surface area (Å²) in [4.78, 5) is -0.0232. The highest BCUT2D eigenvalue weighted by molar-refractivity contribution is 8.00. The highest BCUT2D eigenvalue weighted by Gasteiger charge is 2.36. The molecule has 0 spiro atoms. The number of pyridine rings is 1. The van der Waals surface area contributed by atoms with Crippen LogP contribution in [0.4, 0.5) is 24.7 Å². The zero-order valence-electron chi connectivity index (χ0n) is 21.9. The summed E-state index contributed by atoms with van der Waals surface area (Å²) in [5.41, 5.74) is -3.42. The third kappa shape index (κ3) is 6.34. The predicted molar refractivity (Wildman–Crippen MR) is 151 cm³/mol. The van der Waals surface area contributed by atoms with Crippen LogP contribution in [-0.4, -0.2) is 60.2 Å². The van der Waals surface area contributed by atoms with Crippen LogP contribution in [0.25, 0.3) is 5.52 Å². The molecule has 2 aliphatic rings. The van der Waals surface area contributed by atoms with E-state index >= 15 is 0 Å². The average molecular weight is 578 g/mol. The van der Waals surface area contributed by atoms with Gasteiger partial charge in [-0.15, -0.1) is 0 Å². The van der Waals surface area contributed by atoms with Crippen molar-refractivity contribution in [2.45, 2.75) is 54.2 Å². The number of nitrogens with one attached hydrogen (secondary N) is 3. The van der Waals surface area contributed by atoms with Gasteiger partial charge in [-0.25, -0.2) is 4.52 Å². The lowest BCUT2D eigenvalue weighted by Gasteiger charge is -2.31. The van der Waals surface area contributed by atoms with Gasteiger partial charge in [0.1, 0.15) is 24.4 Å². The number of hydrogen-bond acceptors (Lipinski definition) is 7. The standard InChI is InChI=1S/C27H31F3N5O2PS/c1-37-24-16-18(38(2,3)36)11-14-21(24)31-15-5-6-22-26(39-27(28,29)30)23-7-4-8-25(35(23)34-22)33-20-13-10-17-9-12-19(20)32-17/h4,7-8,11,14,16-17,19-20,31-33H,9-10,12-13,15H2,1-3H3/t17-,19+,20+/m0/s1. The normalized spacial score (nSPS) is 20.9. The molecule has 2 fully saturated rings. The van der Waals surface area contributed by atoms with Gasteiger partial charge in [-0.1, -0.05) is 12.0 Å². The number of thioether (sulfide) groups is 1. The fraction of sp³-hybridized carbons (Fsp3) is 0.444. The van der Waals surface area contributed by atoms with E-state index in [2.05, 4.69) is 32.9 Å². The van der Waals surface area contributed by atoms with E-state index in [1.165, 1.54) is 11.6 Å². The number of anilines is 2. The van der Waals surface area contributed by atoms with Crippen LogP contribution < -0.4 is 26.0 Å². The first-order valence-electron chi connectivity index (χ1n) is 12.8. The molecule has 2 aliphatic heterocycles. The molecule has 7 nitrogen and oxygen atoms in total. The summed E-state index contributed by atoms with van der Waals surface area (Å²) >= 11 is -0.199. The second-order valence-electron chi connectivity index (χ2n) is 10.2. The van der Waals surface area contributed by atoms with Crippen molar-refractivity contribution in [3.8, 4) is 17.6 Å². The molecule has 5 rings (SSSR count). The number of halogens is 3. The third-order valence-electron chi connectivity index (χ3n) is 7.13. The molecule has 3 aromatic rings. The van der Waals surface area contributed by atoms with Crippen molar-refractivity contribution in [2.24, 2.45) is 0 Å². The van der Waals surface area contributed by atoms with E-state index in [0.29, 0.717) is 40.2 Å². The Bertz CT molecular complexity index is 1480. The number of benzene rings is 1. The fourth-order valence-electron chi connectivity index (χ4n) is 5.22. The van der Waals surface area contributed by atoms with E-state index in [9.17, 15) is 17.7 Å². The average Bonchev–Trinajstić information content (AvgIpc) is 3.43. The molecule has 0 radical (unpaired) electrons. The summed E-state index contributed by atoms with van der Waals surface area (Å²) in [5, 5.41) is 15.5. The van der Waals surface area contributed by atoms with Gasteiger partial charge in [-0.2, -0.15) is 18.3 Å². The molecule has 3 atom stereocenters. The Hall–Kier alpha value is -2.80. The monoisotopic (exact) mass is 577 g/mol. The van der Waals surface area contributed by atoms with Gasteiger partial charge in [0.05, 0.1) is 29.8 Å². The summed E-state index contributed by atoms with van der Waals surface area (Å²) < 4.78 is 59.9. The smallest absolute Gasteiger partial charge is 0.446 e. The molecule has 0 saturated carbocycles. The van der Waals surface area contributed by atoms with Crippen molar-refractivity contribution in [1.82, 2.24) is 14.9 Å². The number of piperidine rings is 1. The van der Waals surface area contributed by atoms with Crippen LogP contribution in [0.1, 0.15) is 31.4 Å². The zero-order valence-corrected chi connectivity index (χ0v) is 23.6. The van der Waals surface area contributed by atoms with Gasteiger partial charge in [0, 0.05) is 23.4 Å². The molecule has 0 unspecified atom stereocenters. The van der Waals surface area contributed by atoms with Crippen molar-refractivity contribution in [1.29, 1.82) is 0 Å². The van der Waals surface area contributed by atoms with Crippen LogP contribution in [-0.2, 0) is 4.57 Å². The number of hydrogen-bond donors (Lipinski definition) is 3. The van der Waals surface area contributed by atoms with Crippen LogP contribution in [0, 0.1) is 11.8 Å². The first-order chi connectivity index (χ1) is 18.5. The minimum atomic E-state index is -4.49. The third-order valence-corrected chi connectivity index (χ3v) is 9.49. The fourth-order valence-corrected chi connectivity index (χ4v) is 6.76. The molecule has 12 heteroatoms. The van der Waals surface area contributed by atoms with E-state index in [1.807, 2.05) is 6.07 Å². The molecule has 2 saturated heterocycles. The van der Waals surface area contributed by atoms with Crippen molar-refractivity contribution in [3.63, 3.8) is 0 Å². The van der Waals surface area contributed by atoms with Crippen LogP contribution in [0.15, 0.2) is 41.3 Å². The molecule has 1 aromatic carbocycles. The molecular weight excluding hydrogens is 546 g/mol. The molecule has 0 amide bonds. The second kappa shape index (κ2) is 11.0. The molecule has 2 aromatic heterocycles. The number of aromatic nitrogens is 2. The van der Waals surface area contributed by atoms with Crippen LogP contribution in [0.5, 0.6) is 5.75 Å². The van der Waals surface area contributed by atoms with Gasteiger partial charge < -0.3 is 25.3 Å². The Balaban J connectivity index is 1.40. The Morgan fingerprint density at radius 3 is 2.74 bits per heavy atom. The van der Waals surface area contributed by atoms with E-state index in [-0.39, 0.29) is 34.9 Å². The van der Waals surface area contributed by atoms with Gasteiger partial charge in [-0.3, -0.25) is 0 Å². The lowest BCUT2D eigenvalue weighted by atomic mass is 10.00. The number of methoxy groups -OCH3 is 1. The van der Waals surface area contributed by atoms with Crippen LogP contribution >= 0.6 is 18.9 Å². The van der Waals surface area contributed by atoms with Crippen molar-refractivity contribution >= 4 is 41.2 Å². The highest BCUT2D eigenvalue weighted by atomic mass is 32.2. The number of nitrogens with zero attached hydrogens (tertiary/aromatic N) is 2. The minimum Gasteiger partial charge on any atom is -0.495 e. The van der Waals surface area contributed by atoms with Gasteiger partial charge in [-0.05, 0) is 87.0 Å². The topological polar surface area (TPSA) is 79.7 Å². The maximum Gasteiger partial charge on any atom is 0.446 e. The molecular formula is C27H31F3N5O2PS. The maximum absolute atomic E-state index is 13.5. The largest absolute Gasteiger partial charge is 0.495 e. The number of alkyl halides is 3. The van der Waals surface area contributed by atoms with Crippen LogP contribution in [0.2, 0.25) is 0 Å². The van der Waals surface area contributed by atoms with Crippen molar-refractivity contribution < 1.29 is 22.5 Å². The molecule has 208 valence electrons. The molecule has 39 heavy (non-hydrogen) atoms. The van der Waals surface area contributed by atoms with Crippen molar-refractivity contribution in [3.05, 3.63) is 42.1 Å². The lowest BCUT2D eigenvalue weighted by Crippen LogP contribution is -2.47. The van der Waals surface area contributed by atoms with Gasteiger partial charge >= 0.3 is 5.51 Å². The zero-order chi connectivity index (χ0) is 27.8. The summed E-state index contributed by atoms with van der Waals surface area (Å²) in [6.07, 6.45) is 4.32. The van der Waals surface area contributed by atoms with E-state index in [1.54, 1.807) is 43.7 Å². The first kappa shape index (κ1) is 27.8. The summed E-state index contributed by atoms with van der Waals surface area (Å²) in [6.45, 7) is 3.52. The Morgan fingerprint density at radius 2 is 2.00 bits per heavy atom. The summed E-state index contributed by atoms with van der Waals surface area (Å²) in [6, 6.07) is 11.6.